The summed E-state index contributed by atoms with van der Waals surface area (Å²) in [6, 6.07) is 6.16. The van der Waals surface area contributed by atoms with Crippen molar-refractivity contribution < 1.29 is 13.9 Å². The average molecular weight is 241 g/mol. The number of hydrogen-bond acceptors (Lipinski definition) is 3. The van der Waals surface area contributed by atoms with Crippen molar-refractivity contribution >= 4 is 0 Å². The summed E-state index contributed by atoms with van der Waals surface area (Å²) in [6.45, 7) is 3.00. The van der Waals surface area contributed by atoms with Crippen LogP contribution in [0, 0.1) is 5.82 Å². The highest BCUT2D eigenvalue weighted by molar-refractivity contribution is 5.20. The zero-order chi connectivity index (χ0) is 12.7. The Balaban J connectivity index is 2.71. The first-order valence-electron chi connectivity index (χ1n) is 5.80. The molecule has 0 aliphatic rings. The van der Waals surface area contributed by atoms with Crippen LogP contribution >= 0.6 is 0 Å². The summed E-state index contributed by atoms with van der Waals surface area (Å²) in [7, 11) is 1.62. The molecule has 0 fully saturated rings. The zero-order valence-electron chi connectivity index (χ0n) is 10.4. The molecule has 2 unspecified atom stereocenters. The number of benzene rings is 1. The summed E-state index contributed by atoms with van der Waals surface area (Å²) in [5, 5.41) is 0. The van der Waals surface area contributed by atoms with E-state index in [0.29, 0.717) is 13.2 Å². The first-order valence-corrected chi connectivity index (χ1v) is 5.80. The van der Waals surface area contributed by atoms with Crippen molar-refractivity contribution in [3.05, 3.63) is 35.6 Å². The maximum Gasteiger partial charge on any atom is 0.123 e. The van der Waals surface area contributed by atoms with Crippen LogP contribution in [-0.4, -0.2) is 26.4 Å². The lowest BCUT2D eigenvalue weighted by Gasteiger charge is -2.23. The Kier molecular flexibility index (Phi) is 6.11. The van der Waals surface area contributed by atoms with E-state index < -0.39 is 0 Å². The Morgan fingerprint density at radius 2 is 1.88 bits per heavy atom. The minimum absolute atomic E-state index is 0.0997. The van der Waals surface area contributed by atoms with Crippen LogP contribution in [-0.2, 0) is 9.47 Å². The molecule has 0 aliphatic heterocycles. The fourth-order valence-electron chi connectivity index (χ4n) is 1.59. The molecule has 0 radical (unpaired) electrons. The molecule has 1 aromatic carbocycles. The predicted octanol–water partition coefficient (Wildman–Crippen LogP) is 2.27. The molecule has 0 heterocycles. The fourth-order valence-corrected chi connectivity index (χ4v) is 1.59. The minimum atomic E-state index is -0.255. The molecule has 2 N–H and O–H groups in total. The molecular weight excluding hydrogens is 221 g/mol. The molecule has 17 heavy (non-hydrogen) atoms. The van der Waals surface area contributed by atoms with Gasteiger partial charge < -0.3 is 15.2 Å². The molecule has 4 heteroatoms. The van der Waals surface area contributed by atoms with Crippen molar-refractivity contribution in [2.75, 3.05) is 20.3 Å². The third-order valence-corrected chi connectivity index (χ3v) is 2.64. The lowest BCUT2D eigenvalue weighted by molar-refractivity contribution is 0.00270. The maximum atomic E-state index is 12.8. The van der Waals surface area contributed by atoms with E-state index in [9.17, 15) is 4.39 Å². The number of halogens is 1. The first-order chi connectivity index (χ1) is 8.19. The number of nitrogens with two attached hydrogens (primary N) is 1. The van der Waals surface area contributed by atoms with Crippen LogP contribution in [0.2, 0.25) is 0 Å². The molecule has 1 aromatic rings. The van der Waals surface area contributed by atoms with Gasteiger partial charge in [0.15, 0.2) is 0 Å². The third-order valence-electron chi connectivity index (χ3n) is 2.64. The monoisotopic (exact) mass is 241 g/mol. The van der Waals surface area contributed by atoms with Gasteiger partial charge in [-0.3, -0.25) is 0 Å². The normalized spacial score (nSPS) is 14.6. The van der Waals surface area contributed by atoms with Crippen LogP contribution in [0.4, 0.5) is 4.39 Å². The fraction of sp³-hybridized carbons (Fsp3) is 0.538. The number of hydrogen-bond donors (Lipinski definition) is 1. The predicted molar refractivity (Wildman–Crippen MR) is 65.2 cm³/mol. The number of ether oxygens (including phenoxy) is 2. The van der Waals surface area contributed by atoms with E-state index >= 15 is 0 Å². The van der Waals surface area contributed by atoms with Gasteiger partial charge in [-0.1, -0.05) is 19.1 Å². The lowest BCUT2D eigenvalue weighted by atomic mass is 10.0. The highest BCUT2D eigenvalue weighted by Gasteiger charge is 2.19. The van der Waals surface area contributed by atoms with E-state index in [-0.39, 0.29) is 18.0 Å². The summed E-state index contributed by atoms with van der Waals surface area (Å²) in [5.74, 6) is -0.255. The van der Waals surface area contributed by atoms with Crippen molar-refractivity contribution in [2.24, 2.45) is 5.73 Å². The van der Waals surface area contributed by atoms with Crippen molar-refractivity contribution in [1.82, 2.24) is 0 Å². The third kappa shape index (κ3) is 4.42. The van der Waals surface area contributed by atoms with Crippen LogP contribution in [0.15, 0.2) is 24.3 Å². The Morgan fingerprint density at radius 3 is 2.41 bits per heavy atom. The highest BCUT2D eigenvalue weighted by atomic mass is 19.1. The Morgan fingerprint density at radius 1 is 1.24 bits per heavy atom. The largest absolute Gasteiger partial charge is 0.382 e. The van der Waals surface area contributed by atoms with Crippen molar-refractivity contribution in [2.45, 2.75) is 25.5 Å². The van der Waals surface area contributed by atoms with Gasteiger partial charge >= 0.3 is 0 Å². The van der Waals surface area contributed by atoms with Crippen LogP contribution in [0.5, 0.6) is 0 Å². The smallest absolute Gasteiger partial charge is 0.123 e. The van der Waals surface area contributed by atoms with Crippen LogP contribution in [0.25, 0.3) is 0 Å². The lowest BCUT2D eigenvalue weighted by Crippen LogP contribution is -2.30. The SMILES string of the molecule is CCC(N)C(OCCOC)c1ccc(F)cc1. The molecule has 0 saturated heterocycles. The van der Waals surface area contributed by atoms with Crippen LogP contribution < -0.4 is 5.73 Å². The first kappa shape index (κ1) is 14.1. The van der Waals surface area contributed by atoms with Gasteiger partial charge in [-0.25, -0.2) is 4.39 Å². The van der Waals surface area contributed by atoms with Gasteiger partial charge in [-0.15, -0.1) is 0 Å². The van der Waals surface area contributed by atoms with Gasteiger partial charge in [0.2, 0.25) is 0 Å². The molecule has 0 aliphatic carbocycles. The molecule has 0 aromatic heterocycles. The summed E-state index contributed by atoms with van der Waals surface area (Å²) in [4.78, 5) is 0. The molecule has 0 saturated carbocycles. The van der Waals surface area contributed by atoms with Crippen LogP contribution in [0.1, 0.15) is 25.0 Å². The zero-order valence-corrected chi connectivity index (χ0v) is 10.4. The average Bonchev–Trinajstić information content (AvgIpc) is 2.35. The van der Waals surface area contributed by atoms with E-state index in [2.05, 4.69) is 0 Å². The number of rotatable bonds is 7. The van der Waals surface area contributed by atoms with Gasteiger partial charge in [0.25, 0.3) is 0 Å². The molecule has 3 nitrogen and oxygen atoms in total. The Labute approximate surface area is 102 Å². The topological polar surface area (TPSA) is 44.5 Å². The highest BCUT2D eigenvalue weighted by Crippen LogP contribution is 2.22. The van der Waals surface area contributed by atoms with Gasteiger partial charge in [-0.2, -0.15) is 0 Å². The van der Waals surface area contributed by atoms with E-state index in [1.54, 1.807) is 19.2 Å². The molecule has 0 spiro atoms. The second kappa shape index (κ2) is 7.37. The van der Waals surface area contributed by atoms with Gasteiger partial charge in [0.05, 0.1) is 19.3 Å². The molecule has 0 bridgehead atoms. The summed E-state index contributed by atoms with van der Waals surface area (Å²) in [6.07, 6.45) is 0.588. The summed E-state index contributed by atoms with van der Waals surface area (Å²) < 4.78 is 23.5. The molecular formula is C13H20FNO2. The van der Waals surface area contributed by atoms with Crippen molar-refractivity contribution in [3.8, 4) is 0 Å². The van der Waals surface area contributed by atoms with Gasteiger partial charge in [0.1, 0.15) is 5.82 Å². The van der Waals surface area contributed by atoms with E-state index in [4.69, 9.17) is 15.2 Å². The Hall–Kier alpha value is -0.970. The van der Waals surface area contributed by atoms with E-state index in [1.165, 1.54) is 12.1 Å². The van der Waals surface area contributed by atoms with Gasteiger partial charge in [-0.05, 0) is 24.1 Å². The summed E-state index contributed by atoms with van der Waals surface area (Å²) in [5.41, 5.74) is 6.91. The second-order valence-electron chi connectivity index (χ2n) is 3.91. The molecule has 0 amide bonds. The molecule has 96 valence electrons. The Bertz CT molecular complexity index is 316. The van der Waals surface area contributed by atoms with Crippen molar-refractivity contribution in [3.63, 3.8) is 0 Å². The summed E-state index contributed by atoms with van der Waals surface area (Å²) >= 11 is 0. The standard InChI is InChI=1S/C13H20FNO2/c1-3-12(15)13(17-9-8-16-2)10-4-6-11(14)7-5-10/h4-7,12-13H,3,8-9,15H2,1-2H3. The van der Waals surface area contributed by atoms with Crippen LogP contribution in [0.3, 0.4) is 0 Å². The van der Waals surface area contributed by atoms with E-state index in [1.807, 2.05) is 6.92 Å². The van der Waals surface area contributed by atoms with E-state index in [0.717, 1.165) is 12.0 Å². The maximum absolute atomic E-state index is 12.8. The van der Waals surface area contributed by atoms with Crippen molar-refractivity contribution in [1.29, 1.82) is 0 Å². The minimum Gasteiger partial charge on any atom is -0.382 e. The number of methoxy groups -OCH3 is 1. The van der Waals surface area contributed by atoms with Gasteiger partial charge in [0, 0.05) is 13.2 Å². The quantitative estimate of drug-likeness (QED) is 0.745. The molecule has 2 atom stereocenters. The second-order valence-corrected chi connectivity index (χ2v) is 3.91. The molecule has 1 rings (SSSR count).